The van der Waals surface area contributed by atoms with Crippen molar-refractivity contribution in [1.29, 1.82) is 0 Å². The smallest absolute Gasteiger partial charge is 0.243 e. The number of amides is 1. The molecule has 0 saturated heterocycles. The van der Waals surface area contributed by atoms with Crippen LogP contribution in [0, 0.1) is 0 Å². The van der Waals surface area contributed by atoms with Crippen LogP contribution < -0.4 is 5.32 Å². The first-order valence-corrected chi connectivity index (χ1v) is 12.7. The molecule has 0 radical (unpaired) electrons. The van der Waals surface area contributed by atoms with Crippen molar-refractivity contribution in [1.82, 2.24) is 9.62 Å². The first-order chi connectivity index (χ1) is 15.3. The Morgan fingerprint density at radius 2 is 1.47 bits per heavy atom. The Labute approximate surface area is 198 Å². The van der Waals surface area contributed by atoms with Gasteiger partial charge in [-0.25, -0.2) is 8.42 Å². The van der Waals surface area contributed by atoms with Crippen LogP contribution in [0.15, 0.2) is 94.3 Å². The molecule has 1 atom stereocenters. The number of halogens is 1. The van der Waals surface area contributed by atoms with E-state index < -0.39 is 10.0 Å². The zero-order valence-corrected chi connectivity index (χ0v) is 20.3. The fraction of sp³-hybridized carbons (Fsp3) is 0.240. The molecule has 0 spiro atoms. The monoisotopic (exact) mass is 514 g/mol. The van der Waals surface area contributed by atoms with Gasteiger partial charge in [-0.05, 0) is 55.2 Å². The minimum absolute atomic E-state index is 0.0725. The van der Waals surface area contributed by atoms with E-state index in [0.717, 1.165) is 22.9 Å². The summed E-state index contributed by atoms with van der Waals surface area (Å²) >= 11 is 3.33. The van der Waals surface area contributed by atoms with Crippen LogP contribution in [0.5, 0.6) is 0 Å². The summed E-state index contributed by atoms with van der Waals surface area (Å²) in [6, 6.07) is 25.7. The van der Waals surface area contributed by atoms with Gasteiger partial charge in [-0.1, -0.05) is 76.6 Å². The summed E-state index contributed by atoms with van der Waals surface area (Å²) in [6.45, 7) is 1.81. The van der Waals surface area contributed by atoms with Gasteiger partial charge in [0.2, 0.25) is 15.9 Å². The number of rotatable bonds is 10. The molecule has 0 unspecified atom stereocenters. The predicted molar refractivity (Wildman–Crippen MR) is 131 cm³/mol. The molecule has 3 aromatic carbocycles. The Bertz CT molecular complexity index is 1100. The lowest BCUT2D eigenvalue weighted by atomic mass is 10.1. The molecule has 7 heteroatoms. The molecule has 3 aromatic rings. The molecule has 0 fully saturated rings. The Morgan fingerprint density at radius 3 is 2.06 bits per heavy atom. The third-order valence-corrected chi connectivity index (χ3v) is 7.42. The number of aryl methyl sites for hydroxylation is 1. The second-order valence-electron chi connectivity index (χ2n) is 7.71. The van der Waals surface area contributed by atoms with Gasteiger partial charge in [0.1, 0.15) is 0 Å². The quantitative estimate of drug-likeness (QED) is 0.423. The number of hydrogen-bond acceptors (Lipinski definition) is 3. The molecule has 5 nitrogen and oxygen atoms in total. The molecular formula is C25H27BrN2O3S. The van der Waals surface area contributed by atoms with Gasteiger partial charge in [0, 0.05) is 17.1 Å². The van der Waals surface area contributed by atoms with Crippen LogP contribution in [0.4, 0.5) is 0 Å². The number of carbonyl (C=O) groups is 1. The van der Waals surface area contributed by atoms with Gasteiger partial charge < -0.3 is 5.32 Å². The highest BCUT2D eigenvalue weighted by molar-refractivity contribution is 9.10. The molecule has 0 heterocycles. The first kappa shape index (κ1) is 24.2. The predicted octanol–water partition coefficient (Wildman–Crippen LogP) is 4.78. The third-order valence-electron chi connectivity index (χ3n) is 5.09. The number of benzene rings is 3. The minimum Gasteiger partial charge on any atom is -0.352 e. The molecule has 0 bridgehead atoms. The van der Waals surface area contributed by atoms with E-state index in [2.05, 4.69) is 33.4 Å². The summed E-state index contributed by atoms with van der Waals surface area (Å²) < 4.78 is 28.6. The lowest BCUT2D eigenvalue weighted by Gasteiger charge is -2.23. The number of hydrogen-bond donors (Lipinski definition) is 1. The molecule has 1 N–H and O–H groups in total. The van der Waals surface area contributed by atoms with Crippen molar-refractivity contribution >= 4 is 31.9 Å². The summed E-state index contributed by atoms with van der Waals surface area (Å²) in [4.78, 5) is 12.9. The highest BCUT2D eigenvalue weighted by atomic mass is 79.9. The summed E-state index contributed by atoms with van der Waals surface area (Å²) in [5, 5.41) is 2.95. The van der Waals surface area contributed by atoms with Gasteiger partial charge >= 0.3 is 0 Å². The Kier molecular flexibility index (Phi) is 8.61. The largest absolute Gasteiger partial charge is 0.352 e. The summed E-state index contributed by atoms with van der Waals surface area (Å²) in [5.74, 6) is -0.317. The lowest BCUT2D eigenvalue weighted by Crippen LogP contribution is -2.43. The van der Waals surface area contributed by atoms with Crippen LogP contribution in [-0.2, 0) is 27.8 Å². The van der Waals surface area contributed by atoms with Gasteiger partial charge in [0.25, 0.3) is 0 Å². The molecule has 0 saturated carbocycles. The molecule has 1 amide bonds. The Balaban J connectivity index is 1.70. The summed E-state index contributed by atoms with van der Waals surface area (Å²) in [6.07, 6.45) is 1.61. The second-order valence-corrected chi connectivity index (χ2v) is 10.6. The van der Waals surface area contributed by atoms with Crippen molar-refractivity contribution < 1.29 is 13.2 Å². The molecule has 0 aliphatic carbocycles. The van der Waals surface area contributed by atoms with Crippen LogP contribution in [0.2, 0.25) is 0 Å². The van der Waals surface area contributed by atoms with Crippen molar-refractivity contribution in [2.24, 2.45) is 0 Å². The van der Waals surface area contributed by atoms with Crippen molar-refractivity contribution in [3.63, 3.8) is 0 Å². The molecule has 0 aliphatic rings. The van der Waals surface area contributed by atoms with Crippen LogP contribution in [0.1, 0.15) is 24.5 Å². The van der Waals surface area contributed by atoms with Crippen LogP contribution in [0.3, 0.4) is 0 Å². The second kappa shape index (κ2) is 11.4. The Hall–Kier alpha value is -2.48. The van der Waals surface area contributed by atoms with Crippen LogP contribution in [0.25, 0.3) is 0 Å². The van der Waals surface area contributed by atoms with E-state index in [0.29, 0.717) is 0 Å². The average molecular weight is 515 g/mol. The van der Waals surface area contributed by atoms with E-state index in [1.807, 2.05) is 55.5 Å². The maximum Gasteiger partial charge on any atom is 0.243 e. The molecule has 168 valence electrons. The molecule has 3 rings (SSSR count). The van der Waals surface area contributed by atoms with Gasteiger partial charge in [-0.15, -0.1) is 0 Å². The zero-order valence-electron chi connectivity index (χ0n) is 17.9. The maximum absolute atomic E-state index is 13.3. The van der Waals surface area contributed by atoms with Crippen LogP contribution in [-0.4, -0.2) is 31.2 Å². The summed E-state index contributed by atoms with van der Waals surface area (Å²) in [7, 11) is -3.85. The highest BCUT2D eigenvalue weighted by Crippen LogP contribution is 2.21. The third kappa shape index (κ3) is 7.02. The minimum atomic E-state index is -3.85. The van der Waals surface area contributed by atoms with Gasteiger partial charge in [-0.3, -0.25) is 4.79 Å². The highest BCUT2D eigenvalue weighted by Gasteiger charge is 2.27. The average Bonchev–Trinajstić information content (AvgIpc) is 2.79. The van der Waals surface area contributed by atoms with E-state index in [1.54, 1.807) is 12.1 Å². The van der Waals surface area contributed by atoms with Gasteiger partial charge in [0.15, 0.2) is 0 Å². The Morgan fingerprint density at radius 1 is 0.906 bits per heavy atom. The standard InChI is InChI=1S/C25H27BrN2O3S/c1-20(12-13-21-8-4-2-5-9-21)27-25(29)19-28(18-22-10-6-3-7-11-22)32(30,31)24-16-14-23(26)15-17-24/h2-11,14-17,20H,12-13,18-19H2,1H3,(H,27,29)/t20-/m1/s1. The number of carbonyl (C=O) groups excluding carboxylic acids is 1. The van der Waals surface area contributed by atoms with E-state index in [-0.39, 0.29) is 29.9 Å². The van der Waals surface area contributed by atoms with E-state index in [9.17, 15) is 13.2 Å². The van der Waals surface area contributed by atoms with Gasteiger partial charge in [0.05, 0.1) is 11.4 Å². The normalized spacial score (nSPS) is 12.5. The molecule has 0 aromatic heterocycles. The fourth-order valence-corrected chi connectivity index (χ4v) is 5.00. The first-order valence-electron chi connectivity index (χ1n) is 10.5. The van der Waals surface area contributed by atoms with Crippen molar-refractivity contribution in [3.8, 4) is 0 Å². The zero-order chi connectivity index (χ0) is 23.0. The molecule has 32 heavy (non-hydrogen) atoms. The molecular weight excluding hydrogens is 488 g/mol. The lowest BCUT2D eigenvalue weighted by molar-refractivity contribution is -0.122. The summed E-state index contributed by atoms with van der Waals surface area (Å²) in [5.41, 5.74) is 2.02. The van der Waals surface area contributed by atoms with Gasteiger partial charge in [-0.2, -0.15) is 4.31 Å². The number of sulfonamides is 1. The SMILES string of the molecule is C[C@H](CCc1ccccc1)NC(=O)CN(Cc1ccccc1)S(=O)(=O)c1ccc(Br)cc1. The fourth-order valence-electron chi connectivity index (χ4n) is 3.35. The maximum atomic E-state index is 13.3. The van der Waals surface area contributed by atoms with E-state index in [1.165, 1.54) is 22.0 Å². The van der Waals surface area contributed by atoms with Crippen molar-refractivity contribution in [2.45, 2.75) is 37.2 Å². The topological polar surface area (TPSA) is 66.5 Å². The van der Waals surface area contributed by atoms with E-state index >= 15 is 0 Å². The van der Waals surface area contributed by atoms with Crippen molar-refractivity contribution in [2.75, 3.05) is 6.54 Å². The van der Waals surface area contributed by atoms with Crippen molar-refractivity contribution in [3.05, 3.63) is 101 Å². The number of nitrogens with zero attached hydrogens (tertiary/aromatic N) is 1. The molecule has 0 aliphatic heterocycles. The number of nitrogens with one attached hydrogen (secondary N) is 1. The van der Waals surface area contributed by atoms with Crippen LogP contribution >= 0.6 is 15.9 Å². The van der Waals surface area contributed by atoms with E-state index in [4.69, 9.17) is 0 Å².